The smallest absolute Gasteiger partial charge is 0.240 e. The fourth-order valence-corrected chi connectivity index (χ4v) is 3.14. The van der Waals surface area contributed by atoms with Gasteiger partial charge in [0, 0.05) is 26.0 Å². The second-order valence-corrected chi connectivity index (χ2v) is 7.53. The van der Waals surface area contributed by atoms with Crippen molar-refractivity contribution in [3.8, 4) is 5.75 Å². The number of carbonyl (C=O) groups excluding carboxylic acids is 2. The summed E-state index contributed by atoms with van der Waals surface area (Å²) in [6.07, 6.45) is 5.35. The van der Waals surface area contributed by atoms with Gasteiger partial charge in [0.15, 0.2) is 0 Å². The van der Waals surface area contributed by atoms with E-state index in [0.29, 0.717) is 30.8 Å². The van der Waals surface area contributed by atoms with Gasteiger partial charge in [0.05, 0.1) is 11.8 Å². The monoisotopic (exact) mass is 381 g/mol. The summed E-state index contributed by atoms with van der Waals surface area (Å²) in [6.45, 7) is 4.43. The highest BCUT2D eigenvalue weighted by molar-refractivity contribution is 6.13. The Kier molecular flexibility index (Phi) is 5.97. The number of likely N-dealkylation sites (N-methyl/N-ethyl adjacent to an activating group) is 1. The fraction of sp³-hybridized carbons (Fsp3) is 0.409. The minimum atomic E-state index is -0.960. The topological polar surface area (TPSA) is 71.5 Å². The number of carbonyl (C=O) groups is 2. The Morgan fingerprint density at radius 2 is 1.86 bits per heavy atom. The number of rotatable bonds is 8. The van der Waals surface area contributed by atoms with Crippen molar-refractivity contribution in [2.24, 2.45) is 5.41 Å². The molecule has 1 heterocycles. The van der Waals surface area contributed by atoms with Crippen LogP contribution in [0.2, 0.25) is 0 Å². The van der Waals surface area contributed by atoms with Crippen LogP contribution in [-0.2, 0) is 16.0 Å². The summed E-state index contributed by atoms with van der Waals surface area (Å²) < 4.78 is 5.76. The number of aromatic nitrogens is 1. The number of anilines is 1. The number of hydrogen-bond donors (Lipinski definition) is 1. The van der Waals surface area contributed by atoms with E-state index in [2.05, 4.69) is 10.3 Å². The van der Waals surface area contributed by atoms with Gasteiger partial charge in [-0.1, -0.05) is 12.1 Å². The first-order valence-electron chi connectivity index (χ1n) is 9.64. The van der Waals surface area contributed by atoms with Crippen molar-refractivity contribution < 1.29 is 14.3 Å². The first kappa shape index (κ1) is 19.9. The molecule has 2 amide bonds. The first-order valence-corrected chi connectivity index (χ1v) is 9.64. The molecule has 0 aliphatic heterocycles. The quantitative estimate of drug-likeness (QED) is 0.712. The summed E-state index contributed by atoms with van der Waals surface area (Å²) in [5, 5.41) is 2.91. The van der Waals surface area contributed by atoms with E-state index in [0.717, 1.165) is 12.0 Å². The van der Waals surface area contributed by atoms with Crippen molar-refractivity contribution in [3.63, 3.8) is 0 Å². The zero-order valence-corrected chi connectivity index (χ0v) is 16.6. The van der Waals surface area contributed by atoms with Gasteiger partial charge in [-0.3, -0.25) is 14.6 Å². The molecule has 2 aromatic rings. The Morgan fingerprint density at radius 3 is 2.50 bits per heavy atom. The third-order valence-electron chi connectivity index (χ3n) is 4.92. The molecule has 1 saturated carbocycles. The van der Waals surface area contributed by atoms with Crippen LogP contribution in [0.25, 0.3) is 0 Å². The van der Waals surface area contributed by atoms with Crippen molar-refractivity contribution >= 4 is 17.5 Å². The summed E-state index contributed by atoms with van der Waals surface area (Å²) in [5.41, 5.74) is 0.751. The van der Waals surface area contributed by atoms with Crippen molar-refractivity contribution in [1.82, 2.24) is 9.88 Å². The maximum atomic E-state index is 13.0. The molecule has 6 nitrogen and oxygen atoms in total. The van der Waals surface area contributed by atoms with Crippen LogP contribution in [-0.4, -0.2) is 41.4 Å². The van der Waals surface area contributed by atoms with Gasteiger partial charge in [-0.25, -0.2) is 0 Å². The average Bonchev–Trinajstić information content (AvgIpc) is 3.49. The predicted molar refractivity (Wildman–Crippen MR) is 108 cm³/mol. The van der Waals surface area contributed by atoms with Crippen molar-refractivity contribution in [3.05, 3.63) is 54.4 Å². The largest absolute Gasteiger partial charge is 0.489 e. The molecule has 3 rings (SSSR count). The van der Waals surface area contributed by atoms with Gasteiger partial charge in [-0.2, -0.15) is 0 Å². The molecule has 148 valence electrons. The Morgan fingerprint density at radius 1 is 1.18 bits per heavy atom. The zero-order valence-electron chi connectivity index (χ0n) is 16.6. The van der Waals surface area contributed by atoms with Gasteiger partial charge >= 0.3 is 0 Å². The Bertz CT molecular complexity index is 832. The lowest BCUT2D eigenvalue weighted by molar-refractivity contribution is -0.141. The molecule has 1 N–H and O–H groups in total. The van der Waals surface area contributed by atoms with Crippen molar-refractivity contribution in [2.75, 3.05) is 18.9 Å². The van der Waals surface area contributed by atoms with E-state index in [9.17, 15) is 9.59 Å². The number of benzene rings is 1. The van der Waals surface area contributed by atoms with Crippen LogP contribution in [0.3, 0.4) is 0 Å². The molecule has 1 aliphatic rings. The maximum Gasteiger partial charge on any atom is 0.240 e. The van der Waals surface area contributed by atoms with E-state index in [1.165, 1.54) is 0 Å². The number of pyridine rings is 1. The standard InChI is InChI=1S/C22H27N3O3/c1-16(2)28-19-7-5-4-6-18(19)24-20(26)22(11-12-22)21(27)25(3)15-10-17-8-13-23-14-9-17/h4-9,13-14,16H,10-12,15H2,1-3H3,(H,24,26). The minimum absolute atomic E-state index is 0.00566. The fourth-order valence-electron chi connectivity index (χ4n) is 3.14. The summed E-state index contributed by atoms with van der Waals surface area (Å²) in [6, 6.07) is 11.2. The van der Waals surface area contributed by atoms with E-state index in [-0.39, 0.29) is 17.9 Å². The van der Waals surface area contributed by atoms with Gasteiger partial charge in [0.2, 0.25) is 11.8 Å². The summed E-state index contributed by atoms with van der Waals surface area (Å²) in [7, 11) is 1.76. The Labute approximate surface area is 165 Å². The lowest BCUT2D eigenvalue weighted by atomic mass is 10.0. The predicted octanol–water partition coefficient (Wildman–Crippen LogP) is 3.29. The van der Waals surface area contributed by atoms with Crippen LogP contribution in [0.4, 0.5) is 5.69 Å². The second kappa shape index (κ2) is 8.42. The number of hydrogen-bond acceptors (Lipinski definition) is 4. The van der Waals surface area contributed by atoms with E-state index in [4.69, 9.17) is 4.74 Å². The first-order chi connectivity index (χ1) is 13.4. The van der Waals surface area contributed by atoms with Gasteiger partial charge in [0.1, 0.15) is 11.2 Å². The highest BCUT2D eigenvalue weighted by atomic mass is 16.5. The molecule has 1 aromatic heterocycles. The van der Waals surface area contributed by atoms with Crippen LogP contribution in [0.15, 0.2) is 48.8 Å². The molecular formula is C22H27N3O3. The molecule has 6 heteroatoms. The number of ether oxygens (including phenoxy) is 1. The van der Waals surface area contributed by atoms with Crippen LogP contribution >= 0.6 is 0 Å². The van der Waals surface area contributed by atoms with Crippen molar-refractivity contribution in [2.45, 2.75) is 39.2 Å². The van der Waals surface area contributed by atoms with Gasteiger partial charge in [-0.05, 0) is 62.9 Å². The molecule has 0 bridgehead atoms. The molecule has 0 saturated heterocycles. The number of amides is 2. The normalized spacial score (nSPS) is 14.4. The summed E-state index contributed by atoms with van der Waals surface area (Å²) in [5.74, 6) is 0.231. The van der Waals surface area contributed by atoms with Crippen LogP contribution in [0.1, 0.15) is 32.3 Å². The molecule has 28 heavy (non-hydrogen) atoms. The summed E-state index contributed by atoms with van der Waals surface area (Å²) >= 11 is 0. The molecule has 0 radical (unpaired) electrons. The molecule has 0 atom stereocenters. The molecule has 0 unspecified atom stereocenters. The maximum absolute atomic E-state index is 13.0. The van der Waals surface area contributed by atoms with E-state index in [1.54, 1.807) is 30.4 Å². The van der Waals surface area contributed by atoms with Gasteiger partial charge < -0.3 is 15.0 Å². The zero-order chi connectivity index (χ0) is 20.1. The van der Waals surface area contributed by atoms with Crippen LogP contribution in [0.5, 0.6) is 5.75 Å². The van der Waals surface area contributed by atoms with E-state index >= 15 is 0 Å². The molecule has 1 aromatic carbocycles. The number of nitrogens with zero attached hydrogens (tertiary/aromatic N) is 2. The third kappa shape index (κ3) is 4.50. The second-order valence-electron chi connectivity index (χ2n) is 7.53. The molecule has 1 fully saturated rings. The van der Waals surface area contributed by atoms with Crippen molar-refractivity contribution in [1.29, 1.82) is 0 Å². The SMILES string of the molecule is CC(C)Oc1ccccc1NC(=O)C1(C(=O)N(C)CCc2ccncc2)CC1. The number of nitrogens with one attached hydrogen (secondary N) is 1. The van der Waals surface area contributed by atoms with Gasteiger partial charge in [-0.15, -0.1) is 0 Å². The third-order valence-corrected chi connectivity index (χ3v) is 4.92. The Balaban J connectivity index is 1.64. The highest BCUT2D eigenvalue weighted by Crippen LogP contribution is 2.48. The van der Waals surface area contributed by atoms with Gasteiger partial charge in [0.25, 0.3) is 0 Å². The minimum Gasteiger partial charge on any atom is -0.489 e. The van der Waals surface area contributed by atoms with Crippen LogP contribution in [0, 0.1) is 5.41 Å². The lowest BCUT2D eigenvalue weighted by Crippen LogP contribution is -2.41. The van der Waals surface area contributed by atoms with E-state index < -0.39 is 5.41 Å². The summed E-state index contributed by atoms with van der Waals surface area (Å²) in [4.78, 5) is 31.6. The lowest BCUT2D eigenvalue weighted by Gasteiger charge is -2.23. The molecule has 1 aliphatic carbocycles. The molecular weight excluding hydrogens is 354 g/mol. The molecule has 0 spiro atoms. The highest BCUT2D eigenvalue weighted by Gasteiger charge is 2.57. The van der Waals surface area contributed by atoms with E-state index in [1.807, 2.05) is 44.2 Å². The average molecular weight is 381 g/mol. The Hall–Kier alpha value is -2.89. The number of para-hydroxylation sites is 2. The van der Waals surface area contributed by atoms with Crippen LogP contribution < -0.4 is 10.1 Å².